The molecular weight excluding hydrogens is 358 g/mol. The van der Waals surface area contributed by atoms with E-state index in [-0.39, 0.29) is 0 Å². The molecule has 1 aliphatic carbocycles. The van der Waals surface area contributed by atoms with Crippen LogP contribution < -0.4 is 16.1 Å². The van der Waals surface area contributed by atoms with Gasteiger partial charge in [-0.2, -0.15) is 0 Å². The third-order valence-corrected chi connectivity index (χ3v) is 4.77. The Morgan fingerprint density at radius 2 is 1.61 bits per heavy atom. The van der Waals surface area contributed by atoms with Crippen LogP contribution >= 0.6 is 0 Å². The maximum atomic E-state index is 12.3. The number of amides is 2. The van der Waals surface area contributed by atoms with Gasteiger partial charge < -0.3 is 15.7 Å². The molecule has 0 bridgehead atoms. The summed E-state index contributed by atoms with van der Waals surface area (Å²) >= 11 is 0. The summed E-state index contributed by atoms with van der Waals surface area (Å²) in [5.74, 6) is -1.39. The van der Waals surface area contributed by atoms with Gasteiger partial charge in [0.1, 0.15) is 6.04 Å². The second-order valence-corrected chi connectivity index (χ2v) is 7.10. The lowest BCUT2D eigenvalue weighted by Gasteiger charge is -2.19. The Labute approximate surface area is 163 Å². The van der Waals surface area contributed by atoms with E-state index in [9.17, 15) is 14.7 Å². The fraction of sp³-hybridized carbons (Fsp3) is 0.333. The van der Waals surface area contributed by atoms with Crippen molar-refractivity contribution in [3.63, 3.8) is 0 Å². The van der Waals surface area contributed by atoms with Gasteiger partial charge >= 0.3 is 0 Å². The Morgan fingerprint density at radius 3 is 2.11 bits per heavy atom. The predicted molar refractivity (Wildman–Crippen MR) is 105 cm³/mol. The van der Waals surface area contributed by atoms with E-state index in [4.69, 9.17) is 5.21 Å². The van der Waals surface area contributed by atoms with Gasteiger partial charge in [0.2, 0.25) is 0 Å². The van der Waals surface area contributed by atoms with Crippen LogP contribution in [0.25, 0.3) is 11.1 Å². The minimum atomic E-state index is -1.24. The maximum Gasteiger partial charge on any atom is 0.268 e. The van der Waals surface area contributed by atoms with E-state index in [2.05, 4.69) is 22.8 Å². The van der Waals surface area contributed by atoms with Crippen molar-refractivity contribution < 1.29 is 19.9 Å². The van der Waals surface area contributed by atoms with Crippen LogP contribution in [0.1, 0.15) is 35.7 Å². The molecule has 28 heavy (non-hydrogen) atoms. The van der Waals surface area contributed by atoms with Crippen molar-refractivity contribution in [2.45, 2.75) is 44.5 Å². The topological polar surface area (TPSA) is 111 Å². The highest BCUT2D eigenvalue weighted by Gasteiger charge is 2.25. The lowest BCUT2D eigenvalue weighted by Crippen LogP contribution is -2.51. The Bertz CT molecular complexity index is 815. The van der Waals surface area contributed by atoms with E-state index in [0.717, 1.165) is 17.7 Å². The lowest BCUT2D eigenvalue weighted by atomic mass is 10.0. The average molecular weight is 383 g/mol. The smallest absolute Gasteiger partial charge is 0.268 e. The molecule has 1 aliphatic rings. The van der Waals surface area contributed by atoms with E-state index in [1.807, 2.05) is 24.3 Å². The number of aliphatic hydroxyl groups excluding tert-OH is 1. The van der Waals surface area contributed by atoms with Crippen LogP contribution in [-0.2, 0) is 11.3 Å². The Morgan fingerprint density at radius 1 is 1.04 bits per heavy atom. The minimum absolute atomic E-state index is 0.352. The van der Waals surface area contributed by atoms with Gasteiger partial charge in [-0.15, -0.1) is 0 Å². The van der Waals surface area contributed by atoms with Crippen molar-refractivity contribution >= 4 is 11.8 Å². The number of rotatable bonds is 8. The fourth-order valence-corrected chi connectivity index (χ4v) is 2.88. The predicted octanol–water partition coefficient (Wildman–Crippen LogP) is 1.59. The number of hydrogen-bond donors (Lipinski definition) is 5. The first-order valence-corrected chi connectivity index (χ1v) is 9.33. The summed E-state index contributed by atoms with van der Waals surface area (Å²) in [4.78, 5) is 23.8. The summed E-state index contributed by atoms with van der Waals surface area (Å²) in [6.07, 6.45) is 1.38. The normalized spacial score (nSPS) is 15.5. The summed E-state index contributed by atoms with van der Waals surface area (Å²) in [6.45, 7) is 2.23. The Hall–Kier alpha value is -2.74. The fourth-order valence-electron chi connectivity index (χ4n) is 2.88. The standard InChI is InChI=1S/C21H25N3O4/c1-13(25)19(21(27)24-28)23-20(26)17-8-6-16(7-9-17)15-4-2-14(3-5-15)12-22-18-10-11-18/h2-9,13,18-19,22,25,28H,10-12H2,1H3,(H,23,26)(H,24,27)/t13-,19+/m1/s1. The average Bonchev–Trinajstić information content (AvgIpc) is 3.54. The number of carbonyl (C=O) groups is 2. The van der Waals surface area contributed by atoms with Crippen molar-refractivity contribution in [2.24, 2.45) is 0 Å². The molecule has 2 amide bonds. The Balaban J connectivity index is 1.63. The number of benzene rings is 2. The van der Waals surface area contributed by atoms with Crippen LogP contribution in [0.2, 0.25) is 0 Å². The zero-order valence-corrected chi connectivity index (χ0v) is 15.7. The molecule has 0 heterocycles. The largest absolute Gasteiger partial charge is 0.391 e. The molecule has 1 fully saturated rings. The second kappa shape index (κ2) is 8.97. The van der Waals surface area contributed by atoms with Crippen molar-refractivity contribution in [3.05, 3.63) is 59.7 Å². The SMILES string of the molecule is C[C@@H](O)[C@H](NC(=O)c1ccc(-c2ccc(CNC3CC3)cc2)cc1)C(=O)NO. The number of carbonyl (C=O) groups excluding carboxylic acids is 2. The molecule has 148 valence electrons. The zero-order chi connectivity index (χ0) is 20.1. The van der Waals surface area contributed by atoms with Gasteiger partial charge in [0.25, 0.3) is 11.8 Å². The highest BCUT2D eigenvalue weighted by Crippen LogP contribution is 2.22. The molecule has 0 unspecified atom stereocenters. The second-order valence-electron chi connectivity index (χ2n) is 7.10. The van der Waals surface area contributed by atoms with Crippen molar-refractivity contribution in [1.82, 2.24) is 16.1 Å². The molecule has 0 saturated heterocycles. The molecule has 0 spiro atoms. The lowest BCUT2D eigenvalue weighted by molar-refractivity contribution is -0.133. The van der Waals surface area contributed by atoms with E-state index in [1.54, 1.807) is 12.1 Å². The third-order valence-electron chi connectivity index (χ3n) is 4.77. The molecular formula is C21H25N3O4. The van der Waals surface area contributed by atoms with Crippen LogP contribution in [0, 0.1) is 0 Å². The molecule has 2 aromatic carbocycles. The van der Waals surface area contributed by atoms with Gasteiger partial charge in [0.15, 0.2) is 0 Å². The van der Waals surface area contributed by atoms with E-state index in [0.29, 0.717) is 11.6 Å². The molecule has 2 atom stereocenters. The van der Waals surface area contributed by atoms with Gasteiger partial charge in [-0.05, 0) is 48.6 Å². The highest BCUT2D eigenvalue weighted by atomic mass is 16.5. The first-order valence-electron chi connectivity index (χ1n) is 9.33. The number of nitrogens with one attached hydrogen (secondary N) is 3. The van der Waals surface area contributed by atoms with Crippen LogP contribution in [0.15, 0.2) is 48.5 Å². The van der Waals surface area contributed by atoms with Crippen molar-refractivity contribution in [2.75, 3.05) is 0 Å². The van der Waals surface area contributed by atoms with Gasteiger partial charge in [0.05, 0.1) is 6.10 Å². The first kappa shape index (κ1) is 20.0. The van der Waals surface area contributed by atoms with E-state index < -0.39 is 24.0 Å². The van der Waals surface area contributed by atoms with Crippen molar-refractivity contribution in [3.8, 4) is 11.1 Å². The molecule has 0 aromatic heterocycles. The van der Waals surface area contributed by atoms with Crippen molar-refractivity contribution in [1.29, 1.82) is 0 Å². The van der Waals surface area contributed by atoms with Crippen LogP contribution in [0.5, 0.6) is 0 Å². The van der Waals surface area contributed by atoms with Crippen LogP contribution in [0.4, 0.5) is 0 Å². The highest BCUT2D eigenvalue weighted by molar-refractivity contribution is 5.97. The molecule has 3 rings (SSSR count). The Kier molecular flexibility index (Phi) is 6.41. The first-order chi connectivity index (χ1) is 13.5. The summed E-state index contributed by atoms with van der Waals surface area (Å²) < 4.78 is 0. The zero-order valence-electron chi connectivity index (χ0n) is 15.7. The molecule has 1 saturated carbocycles. The maximum absolute atomic E-state index is 12.3. The molecule has 7 nitrogen and oxygen atoms in total. The third kappa shape index (κ3) is 5.16. The number of hydroxylamine groups is 1. The molecule has 2 aromatic rings. The van der Waals surface area contributed by atoms with Gasteiger partial charge in [0, 0.05) is 18.2 Å². The van der Waals surface area contributed by atoms with Gasteiger partial charge in [-0.1, -0.05) is 36.4 Å². The summed E-state index contributed by atoms with van der Waals surface area (Å²) in [5, 5.41) is 24.2. The number of aliphatic hydroxyl groups is 1. The van der Waals surface area contributed by atoms with E-state index >= 15 is 0 Å². The monoisotopic (exact) mass is 383 g/mol. The molecule has 0 aliphatic heterocycles. The number of hydrogen-bond acceptors (Lipinski definition) is 5. The summed E-state index contributed by atoms with van der Waals surface area (Å²) in [6, 6.07) is 14.7. The summed E-state index contributed by atoms with van der Waals surface area (Å²) in [5.41, 5.74) is 5.04. The van der Waals surface area contributed by atoms with E-state index in [1.165, 1.54) is 30.8 Å². The minimum Gasteiger partial charge on any atom is -0.391 e. The molecule has 5 N–H and O–H groups in total. The van der Waals surface area contributed by atoms with Gasteiger partial charge in [-0.25, -0.2) is 5.48 Å². The van der Waals surface area contributed by atoms with Gasteiger partial charge in [-0.3, -0.25) is 14.8 Å². The van der Waals surface area contributed by atoms with Crippen LogP contribution in [-0.4, -0.2) is 40.3 Å². The summed E-state index contributed by atoms with van der Waals surface area (Å²) in [7, 11) is 0. The molecule has 7 heteroatoms. The quantitative estimate of drug-likeness (QED) is 0.351. The van der Waals surface area contributed by atoms with Crippen LogP contribution in [0.3, 0.4) is 0 Å². The molecule has 0 radical (unpaired) electrons.